The molecule has 1 aromatic carbocycles. The van der Waals surface area contributed by atoms with Gasteiger partial charge >= 0.3 is 0 Å². The van der Waals surface area contributed by atoms with Crippen LogP contribution in [0.5, 0.6) is 0 Å². The van der Waals surface area contributed by atoms with E-state index in [9.17, 15) is 4.79 Å². The average Bonchev–Trinajstić information content (AvgIpc) is 2.25. The minimum Gasteiger partial charge on any atom is -0.290 e. The molecule has 0 aromatic heterocycles. The Balaban J connectivity index is 2.54. The molecule has 0 radical (unpaired) electrons. The minimum atomic E-state index is -0.0808. The first kappa shape index (κ1) is 10.2. The Morgan fingerprint density at radius 1 is 1.14 bits per heavy atom. The number of allylic oxidation sites excluding steroid dienone is 4. The molecule has 1 heteroatoms. The fourth-order valence-electron chi connectivity index (χ4n) is 0.949. The van der Waals surface area contributed by atoms with Crippen LogP contribution < -0.4 is 0 Å². The lowest BCUT2D eigenvalue weighted by Gasteiger charge is -1.88. The fourth-order valence-corrected chi connectivity index (χ4v) is 0.949. The lowest BCUT2D eigenvalue weighted by atomic mass is 10.2. The van der Waals surface area contributed by atoms with Gasteiger partial charge in [-0.3, -0.25) is 4.79 Å². The van der Waals surface area contributed by atoms with Crippen LogP contribution in [0.2, 0.25) is 0 Å². The summed E-state index contributed by atoms with van der Waals surface area (Å²) in [5, 5.41) is 0. The molecule has 0 aliphatic heterocycles. The SMILES string of the molecule is C=CC(=O)C=CC=Cc1ccccc1. The van der Waals surface area contributed by atoms with E-state index in [0.29, 0.717) is 0 Å². The van der Waals surface area contributed by atoms with Crippen LogP contribution in [-0.4, -0.2) is 5.78 Å². The lowest BCUT2D eigenvalue weighted by molar-refractivity contribution is -0.110. The Morgan fingerprint density at radius 2 is 1.86 bits per heavy atom. The van der Waals surface area contributed by atoms with Gasteiger partial charge in [0.2, 0.25) is 0 Å². The zero-order valence-corrected chi connectivity index (χ0v) is 7.89. The smallest absolute Gasteiger partial charge is 0.178 e. The van der Waals surface area contributed by atoms with Crippen molar-refractivity contribution in [3.63, 3.8) is 0 Å². The number of carbonyl (C=O) groups is 1. The predicted molar refractivity (Wildman–Crippen MR) is 59.8 cm³/mol. The molecule has 0 bridgehead atoms. The highest BCUT2D eigenvalue weighted by atomic mass is 16.1. The van der Waals surface area contributed by atoms with Gasteiger partial charge in [-0.1, -0.05) is 55.1 Å². The van der Waals surface area contributed by atoms with Gasteiger partial charge < -0.3 is 0 Å². The zero-order chi connectivity index (χ0) is 10.2. The summed E-state index contributed by atoms with van der Waals surface area (Å²) in [6.07, 6.45) is 8.24. The molecule has 0 spiro atoms. The summed E-state index contributed by atoms with van der Waals surface area (Å²) >= 11 is 0. The van der Waals surface area contributed by atoms with Crippen LogP contribution in [0.25, 0.3) is 6.08 Å². The maximum Gasteiger partial charge on any atom is 0.178 e. The number of rotatable bonds is 4. The first-order valence-corrected chi connectivity index (χ1v) is 4.39. The van der Waals surface area contributed by atoms with Crippen molar-refractivity contribution in [3.05, 3.63) is 66.8 Å². The molecule has 0 saturated carbocycles. The second-order valence-corrected chi connectivity index (χ2v) is 2.74. The predicted octanol–water partition coefficient (Wildman–Crippen LogP) is 3.01. The van der Waals surface area contributed by atoms with Gasteiger partial charge in [-0.25, -0.2) is 0 Å². The molecule has 0 N–H and O–H groups in total. The molecule has 0 heterocycles. The van der Waals surface area contributed by atoms with E-state index < -0.39 is 0 Å². The summed E-state index contributed by atoms with van der Waals surface area (Å²) in [5.74, 6) is -0.0808. The van der Waals surface area contributed by atoms with Crippen LogP contribution in [0.4, 0.5) is 0 Å². The summed E-state index contributed by atoms with van der Waals surface area (Å²) in [5.41, 5.74) is 1.11. The van der Waals surface area contributed by atoms with Crippen LogP contribution in [0.3, 0.4) is 0 Å². The third-order valence-electron chi connectivity index (χ3n) is 1.66. The number of ketones is 1. The van der Waals surface area contributed by atoms with Gasteiger partial charge in [-0.05, 0) is 17.7 Å². The van der Waals surface area contributed by atoms with Crippen LogP contribution >= 0.6 is 0 Å². The number of hydrogen-bond acceptors (Lipinski definition) is 1. The van der Waals surface area contributed by atoms with Crippen molar-refractivity contribution in [2.75, 3.05) is 0 Å². The van der Waals surface area contributed by atoms with Gasteiger partial charge in [0.05, 0.1) is 0 Å². The van der Waals surface area contributed by atoms with E-state index in [0.717, 1.165) is 5.56 Å². The maximum atomic E-state index is 10.8. The summed E-state index contributed by atoms with van der Waals surface area (Å²) in [6, 6.07) is 9.91. The van der Waals surface area contributed by atoms with E-state index in [1.165, 1.54) is 12.2 Å². The summed E-state index contributed by atoms with van der Waals surface area (Å²) in [7, 11) is 0. The van der Waals surface area contributed by atoms with Crippen molar-refractivity contribution in [3.8, 4) is 0 Å². The number of hydrogen-bond donors (Lipinski definition) is 0. The lowest BCUT2D eigenvalue weighted by Crippen LogP contribution is -1.80. The highest BCUT2D eigenvalue weighted by molar-refractivity contribution is 5.98. The summed E-state index contributed by atoms with van der Waals surface area (Å²) in [4.78, 5) is 10.8. The zero-order valence-electron chi connectivity index (χ0n) is 7.89. The first-order chi connectivity index (χ1) is 6.83. The Labute approximate surface area is 84.1 Å². The molecule has 1 aromatic rings. The highest BCUT2D eigenvalue weighted by Crippen LogP contribution is 2.00. The largest absolute Gasteiger partial charge is 0.290 e. The molecule has 0 saturated heterocycles. The van der Waals surface area contributed by atoms with E-state index in [4.69, 9.17) is 0 Å². The van der Waals surface area contributed by atoms with Crippen molar-refractivity contribution < 1.29 is 4.79 Å². The molecule has 0 unspecified atom stereocenters. The second-order valence-electron chi connectivity index (χ2n) is 2.74. The van der Waals surface area contributed by atoms with Crippen LogP contribution in [0.15, 0.2) is 61.2 Å². The number of benzene rings is 1. The van der Waals surface area contributed by atoms with Crippen LogP contribution in [0.1, 0.15) is 5.56 Å². The maximum absolute atomic E-state index is 10.8. The molecule has 0 fully saturated rings. The standard InChI is InChI=1S/C13H12O/c1-2-13(14)11-7-6-10-12-8-4-3-5-9-12/h2-11H,1H2. The fraction of sp³-hybridized carbons (Fsp3) is 0. The van der Waals surface area contributed by atoms with E-state index >= 15 is 0 Å². The van der Waals surface area contributed by atoms with E-state index in [2.05, 4.69) is 6.58 Å². The molecule has 70 valence electrons. The molecular formula is C13H12O. The van der Waals surface area contributed by atoms with Crippen molar-refractivity contribution >= 4 is 11.9 Å². The van der Waals surface area contributed by atoms with Gasteiger partial charge in [-0.2, -0.15) is 0 Å². The Morgan fingerprint density at radius 3 is 2.50 bits per heavy atom. The second kappa shape index (κ2) is 5.70. The molecule has 0 atom stereocenters. The van der Waals surface area contributed by atoms with Crippen molar-refractivity contribution in [2.45, 2.75) is 0 Å². The summed E-state index contributed by atoms with van der Waals surface area (Å²) < 4.78 is 0. The third-order valence-corrected chi connectivity index (χ3v) is 1.66. The third kappa shape index (κ3) is 3.68. The van der Waals surface area contributed by atoms with Gasteiger partial charge in [0.25, 0.3) is 0 Å². The molecular weight excluding hydrogens is 172 g/mol. The molecule has 0 aliphatic carbocycles. The van der Waals surface area contributed by atoms with Gasteiger partial charge in [0.1, 0.15) is 0 Å². The van der Waals surface area contributed by atoms with Crippen LogP contribution in [0, 0.1) is 0 Å². The van der Waals surface area contributed by atoms with Gasteiger partial charge in [0, 0.05) is 0 Å². The van der Waals surface area contributed by atoms with Gasteiger partial charge in [0.15, 0.2) is 5.78 Å². The topological polar surface area (TPSA) is 17.1 Å². The summed E-state index contributed by atoms with van der Waals surface area (Å²) in [6.45, 7) is 3.37. The average molecular weight is 184 g/mol. The quantitative estimate of drug-likeness (QED) is 0.519. The Kier molecular flexibility index (Phi) is 4.15. The normalized spacial score (nSPS) is 10.9. The van der Waals surface area contributed by atoms with Crippen LogP contribution in [-0.2, 0) is 4.79 Å². The van der Waals surface area contributed by atoms with E-state index in [-0.39, 0.29) is 5.78 Å². The Hall–Kier alpha value is -1.89. The molecule has 14 heavy (non-hydrogen) atoms. The van der Waals surface area contributed by atoms with Crippen molar-refractivity contribution in [1.82, 2.24) is 0 Å². The Bertz CT molecular complexity index is 358. The molecule has 0 amide bonds. The monoisotopic (exact) mass is 184 g/mol. The molecule has 1 nitrogen and oxygen atoms in total. The molecule has 0 aliphatic rings. The van der Waals surface area contributed by atoms with E-state index in [1.54, 1.807) is 6.08 Å². The highest BCUT2D eigenvalue weighted by Gasteiger charge is 1.82. The first-order valence-electron chi connectivity index (χ1n) is 4.39. The minimum absolute atomic E-state index is 0.0808. The van der Waals surface area contributed by atoms with Crippen molar-refractivity contribution in [1.29, 1.82) is 0 Å². The van der Waals surface area contributed by atoms with Crippen molar-refractivity contribution in [2.24, 2.45) is 0 Å². The van der Waals surface area contributed by atoms with E-state index in [1.807, 2.05) is 42.5 Å². The number of carbonyl (C=O) groups excluding carboxylic acids is 1. The van der Waals surface area contributed by atoms with Gasteiger partial charge in [-0.15, -0.1) is 0 Å². The molecule has 1 rings (SSSR count).